The molecule has 5 nitrogen and oxygen atoms in total. The second kappa shape index (κ2) is 9.88. The Balaban J connectivity index is 1.34. The molecule has 1 aliphatic carbocycles. The maximum absolute atomic E-state index is 13.2. The van der Waals surface area contributed by atoms with Crippen molar-refractivity contribution in [3.63, 3.8) is 0 Å². The van der Waals surface area contributed by atoms with E-state index in [1.54, 1.807) is 12.1 Å². The van der Waals surface area contributed by atoms with Gasteiger partial charge in [-0.25, -0.2) is 0 Å². The number of benzene rings is 2. The number of hydrogen-bond acceptors (Lipinski definition) is 3. The molecule has 1 saturated heterocycles. The molecule has 0 atom stereocenters. The van der Waals surface area contributed by atoms with Crippen molar-refractivity contribution in [3.05, 3.63) is 63.6 Å². The summed E-state index contributed by atoms with van der Waals surface area (Å²) in [4.78, 5) is 28.0. The highest BCUT2D eigenvalue weighted by Gasteiger charge is 2.52. The van der Waals surface area contributed by atoms with Gasteiger partial charge in [0.1, 0.15) is 0 Å². The van der Waals surface area contributed by atoms with Crippen LogP contribution in [0, 0.1) is 5.92 Å². The minimum atomic E-state index is -0.576. The normalized spacial score (nSPS) is 18.4. The van der Waals surface area contributed by atoms with E-state index in [-0.39, 0.29) is 23.3 Å². The zero-order valence-corrected chi connectivity index (χ0v) is 21.6. The van der Waals surface area contributed by atoms with E-state index in [4.69, 9.17) is 23.2 Å². The first-order valence-corrected chi connectivity index (χ1v) is 12.7. The van der Waals surface area contributed by atoms with E-state index in [0.717, 1.165) is 62.1 Å². The second-order valence-corrected chi connectivity index (χ2v) is 11.5. The lowest BCUT2D eigenvalue weighted by molar-refractivity contribution is -0.128. The molecule has 2 amide bonds. The summed E-state index contributed by atoms with van der Waals surface area (Å²) in [5.41, 5.74) is 2.00. The molecule has 2 aromatic rings. The van der Waals surface area contributed by atoms with Crippen molar-refractivity contribution in [1.82, 2.24) is 10.2 Å². The van der Waals surface area contributed by atoms with E-state index in [0.29, 0.717) is 10.0 Å². The minimum Gasteiger partial charge on any atom is -0.351 e. The largest absolute Gasteiger partial charge is 0.351 e. The maximum Gasteiger partial charge on any atom is 0.235 e. The number of nitrogens with zero attached hydrogens (tertiary/aromatic N) is 1. The Hall–Kier alpha value is -2.08. The van der Waals surface area contributed by atoms with E-state index >= 15 is 0 Å². The molecule has 1 heterocycles. The smallest absolute Gasteiger partial charge is 0.235 e. The molecule has 1 aliphatic heterocycles. The van der Waals surface area contributed by atoms with Crippen LogP contribution in [0.1, 0.15) is 57.6 Å². The lowest BCUT2D eigenvalue weighted by atomic mass is 9.94. The van der Waals surface area contributed by atoms with Gasteiger partial charge in [-0.2, -0.15) is 0 Å². The number of piperidine rings is 1. The fourth-order valence-electron chi connectivity index (χ4n) is 4.70. The Labute approximate surface area is 212 Å². The molecule has 0 aromatic heterocycles. The Morgan fingerprint density at radius 3 is 2.38 bits per heavy atom. The SMILES string of the molecule is CC(C)(C)NC(=O)C1CCN(Cc2cccc(NC(=O)C3(c4ccc(Cl)cc4Cl)CC3)c2)CC1. The van der Waals surface area contributed by atoms with E-state index in [2.05, 4.69) is 21.6 Å². The molecule has 2 aliphatic rings. The van der Waals surface area contributed by atoms with Crippen LogP contribution >= 0.6 is 23.2 Å². The zero-order chi connectivity index (χ0) is 24.5. The number of carbonyl (C=O) groups is 2. The van der Waals surface area contributed by atoms with Gasteiger partial charge >= 0.3 is 0 Å². The number of hydrogen-bond donors (Lipinski definition) is 2. The first kappa shape index (κ1) is 25.0. The highest BCUT2D eigenvalue weighted by atomic mass is 35.5. The van der Waals surface area contributed by atoms with Gasteiger partial charge in [0.2, 0.25) is 11.8 Å². The Morgan fingerprint density at radius 1 is 1.06 bits per heavy atom. The molecule has 2 aromatic carbocycles. The van der Waals surface area contributed by atoms with Crippen molar-refractivity contribution in [2.45, 2.75) is 64.0 Å². The molecular weight excluding hydrogens is 469 g/mol. The molecule has 2 fully saturated rings. The molecule has 182 valence electrons. The number of amides is 2. The first-order valence-electron chi connectivity index (χ1n) is 12.0. The molecule has 7 heteroatoms. The average molecular weight is 502 g/mol. The van der Waals surface area contributed by atoms with Crippen molar-refractivity contribution in [2.24, 2.45) is 5.92 Å². The molecule has 0 bridgehead atoms. The van der Waals surface area contributed by atoms with Gasteiger partial charge in [-0.1, -0.05) is 41.4 Å². The van der Waals surface area contributed by atoms with Gasteiger partial charge < -0.3 is 10.6 Å². The minimum absolute atomic E-state index is 0.0282. The summed E-state index contributed by atoms with van der Waals surface area (Å²) in [5, 5.41) is 7.31. The van der Waals surface area contributed by atoms with Crippen molar-refractivity contribution in [1.29, 1.82) is 0 Å². The van der Waals surface area contributed by atoms with Crippen molar-refractivity contribution in [3.8, 4) is 0 Å². The van der Waals surface area contributed by atoms with Crippen molar-refractivity contribution < 1.29 is 9.59 Å². The van der Waals surface area contributed by atoms with Crippen LogP contribution < -0.4 is 10.6 Å². The van der Waals surface area contributed by atoms with Crippen LogP contribution in [0.2, 0.25) is 10.0 Å². The molecule has 1 saturated carbocycles. The van der Waals surface area contributed by atoms with Crippen LogP contribution in [-0.2, 0) is 21.5 Å². The van der Waals surface area contributed by atoms with Gasteiger partial charge in [-0.05, 0) is 94.9 Å². The Morgan fingerprint density at radius 2 is 1.76 bits per heavy atom. The summed E-state index contributed by atoms with van der Waals surface area (Å²) in [6, 6.07) is 13.4. The predicted molar refractivity (Wildman–Crippen MR) is 138 cm³/mol. The third kappa shape index (κ3) is 5.94. The zero-order valence-electron chi connectivity index (χ0n) is 20.1. The van der Waals surface area contributed by atoms with Gasteiger partial charge in [0.25, 0.3) is 0 Å². The Bertz CT molecular complexity index is 1070. The van der Waals surface area contributed by atoms with Crippen LogP contribution in [0.4, 0.5) is 5.69 Å². The summed E-state index contributed by atoms with van der Waals surface area (Å²) in [7, 11) is 0. The van der Waals surface area contributed by atoms with E-state index in [1.165, 1.54) is 0 Å². The highest BCUT2D eigenvalue weighted by molar-refractivity contribution is 6.35. The third-order valence-electron chi connectivity index (χ3n) is 6.68. The van der Waals surface area contributed by atoms with Crippen LogP contribution in [0.15, 0.2) is 42.5 Å². The quantitative estimate of drug-likeness (QED) is 0.526. The third-order valence-corrected chi connectivity index (χ3v) is 7.23. The second-order valence-electron chi connectivity index (χ2n) is 10.7. The molecule has 2 N–H and O–H groups in total. The Kier molecular flexibility index (Phi) is 7.28. The van der Waals surface area contributed by atoms with E-state index in [1.807, 2.05) is 45.0 Å². The topological polar surface area (TPSA) is 61.4 Å². The summed E-state index contributed by atoms with van der Waals surface area (Å²) in [6.45, 7) is 8.61. The molecular formula is C27H33Cl2N3O2. The summed E-state index contributed by atoms with van der Waals surface area (Å²) in [6.07, 6.45) is 3.28. The van der Waals surface area contributed by atoms with E-state index < -0.39 is 5.41 Å². The van der Waals surface area contributed by atoms with Crippen LogP contribution in [0.3, 0.4) is 0 Å². The number of likely N-dealkylation sites (tertiary alicyclic amines) is 1. The fraction of sp³-hybridized carbons (Fsp3) is 0.481. The monoisotopic (exact) mass is 501 g/mol. The van der Waals surface area contributed by atoms with Gasteiger partial charge in [0.15, 0.2) is 0 Å². The van der Waals surface area contributed by atoms with Crippen LogP contribution in [0.25, 0.3) is 0 Å². The number of nitrogens with one attached hydrogen (secondary N) is 2. The average Bonchev–Trinajstić information content (AvgIpc) is 3.55. The van der Waals surface area contributed by atoms with E-state index in [9.17, 15) is 9.59 Å². The number of carbonyl (C=O) groups excluding carboxylic acids is 2. The lowest BCUT2D eigenvalue weighted by Crippen LogP contribution is -2.46. The van der Waals surface area contributed by atoms with Gasteiger partial charge in [-0.15, -0.1) is 0 Å². The standard InChI is InChI=1S/C27H33Cl2N3O2/c1-26(2,3)31-24(33)19-9-13-32(14-10-19)17-18-5-4-6-21(15-18)30-25(34)27(11-12-27)22-8-7-20(28)16-23(22)29/h4-8,15-16,19H,9-14,17H2,1-3H3,(H,30,34)(H,31,33). The van der Waals surface area contributed by atoms with Crippen LogP contribution in [0.5, 0.6) is 0 Å². The molecule has 0 spiro atoms. The van der Waals surface area contributed by atoms with Gasteiger partial charge in [0.05, 0.1) is 5.41 Å². The number of anilines is 1. The van der Waals surface area contributed by atoms with Gasteiger partial charge in [-0.3, -0.25) is 14.5 Å². The summed E-state index contributed by atoms with van der Waals surface area (Å²) >= 11 is 12.4. The molecule has 0 radical (unpaired) electrons. The maximum atomic E-state index is 13.2. The molecule has 4 rings (SSSR count). The summed E-state index contributed by atoms with van der Waals surface area (Å²) in [5.74, 6) is 0.210. The molecule has 0 unspecified atom stereocenters. The number of rotatable bonds is 6. The predicted octanol–water partition coefficient (Wildman–Crippen LogP) is 5.79. The lowest BCUT2D eigenvalue weighted by Gasteiger charge is -2.33. The fourth-order valence-corrected chi connectivity index (χ4v) is 5.29. The summed E-state index contributed by atoms with van der Waals surface area (Å²) < 4.78 is 0. The number of halogens is 2. The molecule has 34 heavy (non-hydrogen) atoms. The first-order chi connectivity index (χ1) is 16.1. The van der Waals surface area contributed by atoms with Crippen molar-refractivity contribution >= 4 is 40.7 Å². The van der Waals surface area contributed by atoms with Crippen molar-refractivity contribution in [2.75, 3.05) is 18.4 Å². The highest BCUT2D eigenvalue weighted by Crippen LogP contribution is 2.51. The van der Waals surface area contributed by atoms with Gasteiger partial charge in [0, 0.05) is 33.7 Å². The van der Waals surface area contributed by atoms with Crippen LogP contribution in [-0.4, -0.2) is 35.3 Å².